The van der Waals surface area contributed by atoms with E-state index in [9.17, 15) is 19.1 Å². The lowest BCUT2D eigenvalue weighted by atomic mass is 9.60. The van der Waals surface area contributed by atoms with Crippen molar-refractivity contribution in [1.29, 1.82) is 0 Å². The zero-order valence-electron chi connectivity index (χ0n) is 19.8. The Labute approximate surface area is 221 Å². The van der Waals surface area contributed by atoms with E-state index in [1.165, 1.54) is 0 Å². The van der Waals surface area contributed by atoms with Gasteiger partial charge in [0.2, 0.25) is 11.8 Å². The van der Waals surface area contributed by atoms with Crippen LogP contribution in [0.2, 0.25) is 0 Å². The van der Waals surface area contributed by atoms with Crippen molar-refractivity contribution in [2.75, 3.05) is 13.2 Å². The second kappa shape index (κ2) is 11.6. The number of aliphatic hydroxyl groups is 1. The van der Waals surface area contributed by atoms with Crippen molar-refractivity contribution in [2.45, 2.75) is 122 Å². The molecule has 5 fully saturated rings. The maximum atomic E-state index is 13.8. The van der Waals surface area contributed by atoms with Gasteiger partial charge in [0.1, 0.15) is 19.4 Å². The maximum absolute atomic E-state index is 13.8. The molecule has 5 aliphatic carbocycles. The summed E-state index contributed by atoms with van der Waals surface area (Å²) in [6, 6.07) is 0. The zero-order chi connectivity index (χ0) is 25.2. The summed E-state index contributed by atoms with van der Waals surface area (Å²) in [4.78, 5) is 25.2. The van der Waals surface area contributed by atoms with Crippen molar-refractivity contribution < 1.29 is 28.6 Å². The minimum atomic E-state index is -1.12. The van der Waals surface area contributed by atoms with E-state index in [2.05, 4.69) is 10.6 Å². The van der Waals surface area contributed by atoms with Crippen LogP contribution in [0.25, 0.3) is 0 Å². The molecule has 0 radical (unpaired) electrons. The first kappa shape index (κ1) is 27.6. The number of hydrogen-bond acceptors (Lipinski definition) is 5. The summed E-state index contributed by atoms with van der Waals surface area (Å²) >= 11 is 18.3. The van der Waals surface area contributed by atoms with Gasteiger partial charge < -0.3 is 25.2 Å². The van der Waals surface area contributed by atoms with E-state index in [4.69, 9.17) is 44.3 Å². The number of ether oxygens (including phenoxy) is 2. The van der Waals surface area contributed by atoms with Crippen LogP contribution in [-0.4, -0.2) is 81.8 Å². The van der Waals surface area contributed by atoms with E-state index in [0.717, 1.165) is 12.8 Å². The van der Waals surface area contributed by atoms with Gasteiger partial charge in [0.05, 0.1) is 40.0 Å². The molecule has 5 aliphatic rings. The van der Waals surface area contributed by atoms with E-state index in [1.807, 2.05) is 0 Å². The summed E-state index contributed by atoms with van der Waals surface area (Å²) in [5.74, 6) is -0.524. The molecule has 5 rings (SSSR count). The number of carbonyl (C=O) groups is 2. The van der Waals surface area contributed by atoms with Crippen molar-refractivity contribution in [3.8, 4) is 0 Å². The molecule has 2 amide bonds. The molecule has 11 heteroatoms. The molecule has 0 spiro atoms. The molecule has 6 unspecified atom stereocenters. The Morgan fingerprint density at radius 1 is 0.829 bits per heavy atom. The zero-order valence-corrected chi connectivity index (χ0v) is 22.1. The van der Waals surface area contributed by atoms with Gasteiger partial charge in [-0.05, 0) is 64.2 Å². The van der Waals surface area contributed by atoms with Gasteiger partial charge >= 0.3 is 0 Å². The first-order chi connectivity index (χ1) is 16.6. The molecule has 7 atom stereocenters. The molecule has 0 aromatic heterocycles. The van der Waals surface area contributed by atoms with Gasteiger partial charge in [0, 0.05) is 12.0 Å². The van der Waals surface area contributed by atoms with Crippen molar-refractivity contribution >= 4 is 46.6 Å². The van der Waals surface area contributed by atoms with Crippen molar-refractivity contribution in [1.82, 2.24) is 10.6 Å². The van der Waals surface area contributed by atoms with Crippen LogP contribution in [0, 0.1) is 0 Å². The van der Waals surface area contributed by atoms with Crippen LogP contribution in [0.15, 0.2) is 0 Å². The number of aliphatic hydroxyl groups excluding tert-OH is 1. The van der Waals surface area contributed by atoms with E-state index in [1.54, 1.807) is 0 Å². The molecule has 0 aromatic rings. The molecular weight excluding hydrogens is 522 g/mol. The highest BCUT2D eigenvalue weighted by Crippen LogP contribution is 2.47. The predicted molar refractivity (Wildman–Crippen MR) is 132 cm³/mol. The van der Waals surface area contributed by atoms with E-state index in [-0.39, 0.29) is 54.4 Å². The molecule has 7 nitrogen and oxygen atoms in total. The van der Waals surface area contributed by atoms with Gasteiger partial charge in [-0.25, -0.2) is 4.39 Å². The molecule has 3 N–H and O–H groups in total. The third kappa shape index (κ3) is 6.74. The van der Waals surface area contributed by atoms with Gasteiger partial charge in [0.15, 0.2) is 0 Å². The molecule has 200 valence electrons. The van der Waals surface area contributed by atoms with Crippen molar-refractivity contribution in [3.05, 3.63) is 0 Å². The lowest BCUT2D eigenvalue weighted by molar-refractivity contribution is -0.142. The highest BCUT2D eigenvalue weighted by atomic mass is 35.5. The fourth-order valence-corrected chi connectivity index (χ4v) is 6.86. The monoisotopic (exact) mass is 556 g/mol. The minimum Gasteiger partial charge on any atom is -0.391 e. The molecule has 0 heterocycles. The summed E-state index contributed by atoms with van der Waals surface area (Å²) in [6.45, 7) is -0.226. The summed E-state index contributed by atoms with van der Waals surface area (Å²) in [5, 5.41) is 16.3. The number of halogens is 4. The molecule has 35 heavy (non-hydrogen) atoms. The van der Waals surface area contributed by atoms with Crippen molar-refractivity contribution in [3.63, 3.8) is 0 Å². The number of amides is 2. The fourth-order valence-electron chi connectivity index (χ4n) is 6.08. The van der Waals surface area contributed by atoms with E-state index < -0.39 is 28.7 Å². The summed E-state index contributed by atoms with van der Waals surface area (Å²) in [6.07, 6.45) is 4.00. The number of carbonyl (C=O) groups excluding carboxylic acids is 2. The van der Waals surface area contributed by atoms with Gasteiger partial charge in [-0.15, -0.1) is 34.8 Å². The van der Waals surface area contributed by atoms with E-state index in [0.29, 0.717) is 51.4 Å². The Morgan fingerprint density at radius 3 is 1.97 bits per heavy atom. The van der Waals surface area contributed by atoms with Gasteiger partial charge in [0.25, 0.3) is 0 Å². The van der Waals surface area contributed by atoms with Gasteiger partial charge in [-0.3, -0.25) is 9.59 Å². The number of alkyl halides is 4. The number of hydrogen-bond donors (Lipinski definition) is 3. The third-order valence-electron chi connectivity index (χ3n) is 8.30. The molecule has 5 saturated carbocycles. The quantitative estimate of drug-likeness (QED) is 0.398. The molecule has 0 aliphatic heterocycles. The first-order valence-electron chi connectivity index (χ1n) is 12.7. The molecule has 2 bridgehead atoms. The second-order valence-electron chi connectivity index (χ2n) is 10.8. The van der Waals surface area contributed by atoms with Gasteiger partial charge in [-0.1, -0.05) is 0 Å². The lowest BCUT2D eigenvalue weighted by Crippen LogP contribution is -2.70. The van der Waals surface area contributed by atoms with Crippen molar-refractivity contribution in [2.24, 2.45) is 0 Å². The Balaban J connectivity index is 1.20. The second-order valence-corrected chi connectivity index (χ2v) is 12.5. The molecule has 0 saturated heterocycles. The minimum absolute atomic E-state index is 0.0652. The van der Waals surface area contributed by atoms with Crippen LogP contribution >= 0.6 is 34.8 Å². The highest BCUT2D eigenvalue weighted by molar-refractivity contribution is 6.30. The predicted octanol–water partition coefficient (Wildman–Crippen LogP) is 3.33. The number of nitrogens with one attached hydrogen (secondary N) is 2. The largest absolute Gasteiger partial charge is 0.391 e. The normalized spacial score (nSPS) is 43.5. The van der Waals surface area contributed by atoms with E-state index >= 15 is 0 Å². The first-order valence-corrected chi connectivity index (χ1v) is 14.0. The van der Waals surface area contributed by atoms with Crippen LogP contribution in [0.1, 0.15) is 70.6 Å². The number of rotatable bonds is 8. The molecule has 0 aromatic carbocycles. The van der Waals surface area contributed by atoms with Gasteiger partial charge in [-0.2, -0.15) is 0 Å². The lowest BCUT2D eigenvalue weighted by Gasteiger charge is -2.56. The standard InChI is InChI=1S/C24H36Cl3FN2O5/c25-16-3-1-14(9-18(16)27)34-13-22(33)30-24-7-5-23(6-8-24,11-20(24)31)29-21(32)12-35-15-2-4-17(26)19(28)10-15/h14-20,31H,1-13H2,(H,29,32)(H,30,33)/t14?,15?,16?,17?,18?,19?,20-,23?,24?/m0/s1. The van der Waals surface area contributed by atoms with Crippen LogP contribution in [0.3, 0.4) is 0 Å². The Kier molecular flexibility index (Phi) is 9.14. The highest BCUT2D eigenvalue weighted by Gasteiger charge is 2.55. The van der Waals surface area contributed by atoms with Crippen LogP contribution in [0.4, 0.5) is 4.39 Å². The third-order valence-corrected chi connectivity index (χ3v) is 9.93. The average Bonchev–Trinajstić information content (AvgIpc) is 2.82. The Morgan fingerprint density at radius 2 is 1.40 bits per heavy atom. The SMILES string of the molecule is O=C(COC1CCC(Cl)C(F)C1)NC12CCC(NC(=O)COC3CCC(Cl)C(Cl)C3)(CC1)[C@@H](O)C2. The summed E-state index contributed by atoms with van der Waals surface area (Å²) in [7, 11) is 0. The molecular formula is C24H36Cl3FN2O5. The summed E-state index contributed by atoms with van der Waals surface area (Å²) < 4.78 is 25.2. The maximum Gasteiger partial charge on any atom is 0.246 e. The number of fused-ring (bicyclic) bond motifs is 3. The smallest absolute Gasteiger partial charge is 0.246 e. The Bertz CT molecular complexity index is 769. The topological polar surface area (TPSA) is 96.9 Å². The average molecular weight is 558 g/mol. The van der Waals surface area contributed by atoms with Crippen LogP contribution in [0.5, 0.6) is 0 Å². The van der Waals surface area contributed by atoms with Crippen LogP contribution in [-0.2, 0) is 19.1 Å². The Hall–Kier alpha value is -0.380. The fraction of sp³-hybridized carbons (Fsp3) is 0.917. The summed E-state index contributed by atoms with van der Waals surface area (Å²) in [5.41, 5.74) is -1.22. The van der Waals surface area contributed by atoms with Crippen LogP contribution < -0.4 is 10.6 Å².